The minimum absolute atomic E-state index is 0.0398. The predicted octanol–water partition coefficient (Wildman–Crippen LogP) is 6.24. The highest BCUT2D eigenvalue weighted by Gasteiger charge is 2.41. The first-order valence-electron chi connectivity index (χ1n) is 15.8. The summed E-state index contributed by atoms with van der Waals surface area (Å²) < 4.78 is 10.4. The third-order valence-corrected chi connectivity index (χ3v) is 10.6. The van der Waals surface area contributed by atoms with Crippen LogP contribution in [0.15, 0.2) is 66.9 Å². The molecule has 0 radical (unpaired) electrons. The molecule has 10 nitrogen and oxygen atoms in total. The van der Waals surface area contributed by atoms with Crippen LogP contribution in [-0.4, -0.2) is 63.9 Å². The Kier molecular flexibility index (Phi) is 8.75. The van der Waals surface area contributed by atoms with Crippen molar-refractivity contribution in [2.24, 2.45) is 5.92 Å². The van der Waals surface area contributed by atoms with Crippen molar-refractivity contribution in [3.05, 3.63) is 94.9 Å². The topological polar surface area (TPSA) is 126 Å². The zero-order valence-corrected chi connectivity index (χ0v) is 28.4. The molecule has 1 fully saturated rings. The lowest BCUT2D eigenvalue weighted by Gasteiger charge is -2.28. The van der Waals surface area contributed by atoms with E-state index in [1.165, 1.54) is 7.11 Å². The van der Waals surface area contributed by atoms with E-state index in [-0.39, 0.29) is 27.6 Å². The highest BCUT2D eigenvalue weighted by Crippen LogP contribution is 2.42. The summed E-state index contributed by atoms with van der Waals surface area (Å²) in [6.45, 7) is 1.62. The van der Waals surface area contributed by atoms with E-state index in [1.807, 2.05) is 42.6 Å². The quantitative estimate of drug-likeness (QED) is 0.151. The van der Waals surface area contributed by atoms with Crippen LogP contribution in [0.2, 0.25) is 0 Å². The molecule has 7 rings (SSSR count). The highest BCUT2D eigenvalue weighted by atomic mass is 127. The van der Waals surface area contributed by atoms with Crippen LogP contribution in [0.1, 0.15) is 57.8 Å². The van der Waals surface area contributed by atoms with Gasteiger partial charge in [0.15, 0.2) is 5.78 Å². The molecule has 11 heteroatoms. The molecule has 0 saturated carbocycles. The Bertz CT molecular complexity index is 1840. The van der Waals surface area contributed by atoms with Crippen LogP contribution < -0.4 is 10.6 Å². The first-order valence-corrected chi connectivity index (χ1v) is 17.1. The lowest BCUT2D eigenvalue weighted by molar-refractivity contribution is -0.134. The first kappa shape index (κ1) is 31.4. The fourth-order valence-electron chi connectivity index (χ4n) is 7.10. The SMILES string of the molecule is COC[C@H]1CC(c2ncc(-c3ccc4c(c3)CNc3cc5c(cc3-4)CCC(I)C5=O)[nH]2)N(C(=O)[C@H](NC(=O)OC)c2ccccc2)C1. The van der Waals surface area contributed by atoms with Crippen molar-refractivity contribution >= 4 is 46.1 Å². The second kappa shape index (κ2) is 13.1. The first-order chi connectivity index (χ1) is 22.8. The Hall–Kier alpha value is -4.23. The maximum atomic E-state index is 14.1. The average Bonchev–Trinajstić information content (AvgIpc) is 3.76. The van der Waals surface area contributed by atoms with E-state index in [0.29, 0.717) is 37.5 Å². The van der Waals surface area contributed by atoms with E-state index in [9.17, 15) is 14.4 Å². The molecule has 47 heavy (non-hydrogen) atoms. The molecule has 0 spiro atoms. The summed E-state index contributed by atoms with van der Waals surface area (Å²) in [6, 6.07) is 18.6. The molecule has 2 amide bonds. The number of amides is 2. The van der Waals surface area contributed by atoms with Gasteiger partial charge in [-0.2, -0.15) is 0 Å². The van der Waals surface area contributed by atoms with Gasteiger partial charge in [0.1, 0.15) is 11.9 Å². The lowest BCUT2D eigenvalue weighted by Crippen LogP contribution is -2.43. The highest BCUT2D eigenvalue weighted by molar-refractivity contribution is 14.1. The van der Waals surface area contributed by atoms with Crippen LogP contribution in [0.25, 0.3) is 22.4 Å². The molecular formula is C36H36IN5O5. The molecule has 3 aliphatic rings. The summed E-state index contributed by atoms with van der Waals surface area (Å²) >= 11 is 2.26. The third-order valence-electron chi connectivity index (χ3n) is 9.45. The van der Waals surface area contributed by atoms with Crippen molar-refractivity contribution in [1.29, 1.82) is 0 Å². The van der Waals surface area contributed by atoms with Gasteiger partial charge >= 0.3 is 6.09 Å². The number of aromatic nitrogens is 2. The number of hydrogen-bond donors (Lipinski definition) is 3. The van der Waals surface area contributed by atoms with Crippen LogP contribution in [0.3, 0.4) is 0 Å². The van der Waals surface area contributed by atoms with Gasteiger partial charge in [-0.15, -0.1) is 0 Å². The lowest BCUT2D eigenvalue weighted by atomic mass is 9.84. The number of H-pyrrole nitrogens is 1. The van der Waals surface area contributed by atoms with Crippen LogP contribution in [0.4, 0.5) is 10.5 Å². The van der Waals surface area contributed by atoms with E-state index in [4.69, 9.17) is 14.5 Å². The van der Waals surface area contributed by atoms with Gasteiger partial charge < -0.3 is 30.0 Å². The maximum Gasteiger partial charge on any atom is 0.407 e. The standard InChI is InChI=1S/C36H36IN5O5/c1-46-19-20-12-31(42(18-20)35(44)32(41-36(45)47-2)21-6-4-3-5-7-21)34-39-17-30(40-34)23-8-10-25-24(13-23)16-38-29-15-26-22(14-27(25)29)9-11-28(37)33(26)43/h3-8,10,13-15,17,20,28,31-32,38H,9,11-12,16,18-19H2,1-2H3,(H,39,40)(H,41,45)/t20-,28?,31?,32+/m0/s1. The number of halogens is 1. The van der Waals surface area contributed by atoms with Crippen molar-refractivity contribution in [3.63, 3.8) is 0 Å². The summed E-state index contributed by atoms with van der Waals surface area (Å²) in [4.78, 5) is 49.3. The number of methoxy groups -OCH3 is 2. The van der Waals surface area contributed by atoms with Gasteiger partial charge in [0, 0.05) is 42.9 Å². The molecular weight excluding hydrogens is 709 g/mol. The normalized spacial score (nSPS) is 20.4. The maximum absolute atomic E-state index is 14.1. The van der Waals surface area contributed by atoms with Gasteiger partial charge in [-0.1, -0.05) is 65.1 Å². The Labute approximate surface area is 286 Å². The smallest absolute Gasteiger partial charge is 0.407 e. The fraction of sp³-hybridized carbons (Fsp3) is 0.333. The van der Waals surface area contributed by atoms with Crippen molar-refractivity contribution in [1.82, 2.24) is 20.2 Å². The number of ether oxygens (including phenoxy) is 2. The molecule has 4 aromatic rings. The van der Waals surface area contributed by atoms with Gasteiger partial charge in [-0.05, 0) is 65.3 Å². The van der Waals surface area contributed by atoms with Gasteiger partial charge in [0.2, 0.25) is 0 Å². The summed E-state index contributed by atoms with van der Waals surface area (Å²) in [7, 11) is 2.94. The van der Waals surface area contributed by atoms with E-state index in [1.54, 1.807) is 12.0 Å². The van der Waals surface area contributed by atoms with Gasteiger partial charge in [-0.3, -0.25) is 9.59 Å². The summed E-state index contributed by atoms with van der Waals surface area (Å²) in [5, 5.41) is 6.26. The monoisotopic (exact) mass is 745 g/mol. The number of alkyl halides is 1. The average molecular weight is 746 g/mol. The number of fused-ring (bicyclic) bond motifs is 4. The summed E-state index contributed by atoms with van der Waals surface area (Å²) in [6.07, 6.45) is 3.59. The molecule has 1 aliphatic carbocycles. The van der Waals surface area contributed by atoms with Crippen LogP contribution in [-0.2, 0) is 27.2 Å². The van der Waals surface area contributed by atoms with Crippen LogP contribution in [0.5, 0.6) is 0 Å². The Balaban J connectivity index is 1.17. The number of nitrogens with one attached hydrogen (secondary N) is 3. The number of anilines is 1. The number of carbonyl (C=O) groups excluding carboxylic acids is 3. The number of imidazole rings is 1. The number of nitrogens with zero attached hydrogens (tertiary/aromatic N) is 2. The van der Waals surface area contributed by atoms with Crippen LogP contribution in [0, 0.1) is 5.92 Å². The fourth-order valence-corrected chi connectivity index (χ4v) is 7.75. The number of likely N-dealkylation sites (tertiary alicyclic amines) is 1. The number of carbonyl (C=O) groups is 3. The second-order valence-electron chi connectivity index (χ2n) is 12.4. The predicted molar refractivity (Wildman–Crippen MR) is 186 cm³/mol. The summed E-state index contributed by atoms with van der Waals surface area (Å²) in [5.41, 5.74) is 8.93. The second-order valence-corrected chi connectivity index (χ2v) is 13.9. The molecule has 1 aromatic heterocycles. The Morgan fingerprint density at radius 1 is 1.06 bits per heavy atom. The minimum atomic E-state index is -0.912. The number of ketones is 1. The number of hydrogen-bond acceptors (Lipinski definition) is 7. The molecule has 3 N–H and O–H groups in total. The molecule has 4 atom stereocenters. The molecule has 2 aliphatic heterocycles. The molecule has 0 bridgehead atoms. The van der Waals surface area contributed by atoms with Crippen molar-refractivity contribution < 1.29 is 23.9 Å². The molecule has 1 saturated heterocycles. The number of benzene rings is 3. The number of rotatable bonds is 7. The van der Waals surface area contributed by atoms with E-state index >= 15 is 0 Å². The number of Topliss-reactive ketones (excluding diaryl/α,β-unsaturated/α-hetero) is 1. The molecule has 242 valence electrons. The minimum Gasteiger partial charge on any atom is -0.453 e. The number of aromatic amines is 1. The molecule has 3 aromatic carbocycles. The van der Waals surface area contributed by atoms with E-state index in [2.05, 4.69) is 62.5 Å². The van der Waals surface area contributed by atoms with Crippen molar-refractivity contribution in [2.75, 3.05) is 32.7 Å². The zero-order valence-electron chi connectivity index (χ0n) is 26.2. The van der Waals surface area contributed by atoms with Crippen LogP contribution >= 0.6 is 22.6 Å². The molecule has 3 heterocycles. The number of aryl methyl sites for hydroxylation is 1. The van der Waals surface area contributed by atoms with E-state index in [0.717, 1.165) is 57.6 Å². The molecule has 2 unspecified atom stereocenters. The van der Waals surface area contributed by atoms with E-state index < -0.39 is 12.1 Å². The van der Waals surface area contributed by atoms with Gasteiger partial charge in [0.05, 0.1) is 35.6 Å². The van der Waals surface area contributed by atoms with Gasteiger partial charge in [0.25, 0.3) is 5.91 Å². The number of alkyl carbamates (subject to hydrolysis) is 1. The van der Waals surface area contributed by atoms with Crippen molar-refractivity contribution in [2.45, 2.75) is 41.8 Å². The third kappa shape index (κ3) is 6.02. The van der Waals surface area contributed by atoms with Crippen molar-refractivity contribution in [3.8, 4) is 22.4 Å². The Morgan fingerprint density at radius 2 is 1.89 bits per heavy atom. The zero-order chi connectivity index (χ0) is 32.7. The summed E-state index contributed by atoms with van der Waals surface area (Å²) in [5.74, 6) is 0.775. The Morgan fingerprint density at radius 3 is 2.68 bits per heavy atom. The van der Waals surface area contributed by atoms with Gasteiger partial charge in [-0.25, -0.2) is 9.78 Å². The largest absolute Gasteiger partial charge is 0.453 e.